The molecular formula is C14H20O3. The van der Waals surface area contributed by atoms with Crippen molar-refractivity contribution in [1.82, 2.24) is 0 Å². The zero-order valence-electron chi connectivity index (χ0n) is 10.4. The average molecular weight is 236 g/mol. The molecule has 0 saturated heterocycles. The Balaban J connectivity index is 2.45. The fourth-order valence-electron chi connectivity index (χ4n) is 2.93. The number of aliphatic carboxylic acids is 1. The molecule has 0 bridgehead atoms. The minimum absolute atomic E-state index is 0.0584. The van der Waals surface area contributed by atoms with Gasteiger partial charge in [-0.15, -0.1) is 0 Å². The van der Waals surface area contributed by atoms with E-state index in [1.54, 1.807) is 6.08 Å². The minimum atomic E-state index is -0.831. The van der Waals surface area contributed by atoms with Crippen molar-refractivity contribution in [3.63, 3.8) is 0 Å². The smallest absolute Gasteiger partial charge is 0.331 e. The summed E-state index contributed by atoms with van der Waals surface area (Å²) in [5.41, 5.74) is 1.23. The molecule has 2 aliphatic rings. The summed E-state index contributed by atoms with van der Waals surface area (Å²) in [5.74, 6) is -0.772. The normalized spacial score (nSPS) is 37.6. The van der Waals surface area contributed by atoms with Gasteiger partial charge >= 0.3 is 5.97 Å². The van der Waals surface area contributed by atoms with Gasteiger partial charge in [-0.1, -0.05) is 19.9 Å². The number of carbonyl (C=O) groups is 1. The van der Waals surface area contributed by atoms with Crippen molar-refractivity contribution in [2.45, 2.75) is 45.6 Å². The van der Waals surface area contributed by atoms with Crippen LogP contribution in [0.3, 0.4) is 0 Å². The maximum Gasteiger partial charge on any atom is 0.331 e. The van der Waals surface area contributed by atoms with Crippen LogP contribution in [0.25, 0.3) is 0 Å². The van der Waals surface area contributed by atoms with E-state index in [1.165, 1.54) is 0 Å². The van der Waals surface area contributed by atoms with Gasteiger partial charge in [0.2, 0.25) is 0 Å². The molecule has 2 aliphatic carbocycles. The van der Waals surface area contributed by atoms with Crippen LogP contribution in [0.5, 0.6) is 0 Å². The van der Waals surface area contributed by atoms with E-state index in [0.29, 0.717) is 5.57 Å². The average Bonchev–Trinajstić information content (AvgIpc) is 2.40. The summed E-state index contributed by atoms with van der Waals surface area (Å²) in [5, 5.41) is 19.4. The Morgan fingerprint density at radius 1 is 1.47 bits per heavy atom. The van der Waals surface area contributed by atoms with Crippen molar-refractivity contribution in [1.29, 1.82) is 0 Å². The SMILES string of the molecule is C[C@@H]1CC[C@]2(C)C(=CCC[C@H]2O)C=C1C(=O)O. The standard InChI is InChI=1S/C14H20O3/c1-9-6-7-14(2)10(4-3-5-12(14)15)8-11(9)13(16)17/h4,8-9,12,15H,3,5-7H2,1-2H3,(H,16,17)/t9-,12-,14-/m1/s1. The van der Waals surface area contributed by atoms with Crippen LogP contribution >= 0.6 is 0 Å². The fourth-order valence-corrected chi connectivity index (χ4v) is 2.93. The number of allylic oxidation sites excluding steroid dienone is 2. The third kappa shape index (κ3) is 2.04. The number of carboxylic acid groups (broad SMARTS) is 1. The largest absolute Gasteiger partial charge is 0.478 e. The molecule has 0 aromatic carbocycles. The first kappa shape index (κ1) is 12.4. The molecule has 3 heteroatoms. The van der Waals surface area contributed by atoms with Crippen LogP contribution in [0.2, 0.25) is 0 Å². The van der Waals surface area contributed by atoms with Crippen LogP contribution in [-0.4, -0.2) is 22.3 Å². The predicted molar refractivity (Wildman–Crippen MR) is 65.5 cm³/mol. The summed E-state index contributed by atoms with van der Waals surface area (Å²) in [6.07, 6.45) is 6.83. The molecule has 0 spiro atoms. The second-order valence-corrected chi connectivity index (χ2v) is 5.51. The molecule has 2 rings (SSSR count). The fraction of sp³-hybridized carbons (Fsp3) is 0.643. The van der Waals surface area contributed by atoms with E-state index in [9.17, 15) is 15.0 Å². The Morgan fingerprint density at radius 2 is 2.18 bits per heavy atom. The van der Waals surface area contributed by atoms with E-state index < -0.39 is 5.97 Å². The summed E-state index contributed by atoms with van der Waals surface area (Å²) in [6.45, 7) is 4.00. The van der Waals surface area contributed by atoms with Gasteiger partial charge in [-0.25, -0.2) is 4.79 Å². The van der Waals surface area contributed by atoms with Gasteiger partial charge in [0.1, 0.15) is 0 Å². The highest BCUT2D eigenvalue weighted by Crippen LogP contribution is 2.46. The molecule has 0 radical (unpaired) electrons. The van der Waals surface area contributed by atoms with Crippen LogP contribution in [0, 0.1) is 11.3 Å². The quantitative estimate of drug-likeness (QED) is 0.735. The second kappa shape index (κ2) is 4.30. The maximum absolute atomic E-state index is 11.2. The van der Waals surface area contributed by atoms with Gasteiger partial charge in [0.25, 0.3) is 0 Å². The summed E-state index contributed by atoms with van der Waals surface area (Å²) >= 11 is 0. The van der Waals surface area contributed by atoms with Crippen LogP contribution < -0.4 is 0 Å². The third-order valence-electron chi connectivity index (χ3n) is 4.38. The minimum Gasteiger partial charge on any atom is -0.478 e. The predicted octanol–water partition coefficient (Wildman–Crippen LogP) is 2.51. The lowest BCUT2D eigenvalue weighted by Gasteiger charge is -2.38. The molecule has 0 saturated carbocycles. The summed E-state index contributed by atoms with van der Waals surface area (Å²) in [6, 6.07) is 0. The van der Waals surface area contributed by atoms with Gasteiger partial charge in [0.05, 0.1) is 6.10 Å². The van der Waals surface area contributed by atoms with Gasteiger partial charge in [-0.05, 0) is 43.3 Å². The Kier molecular flexibility index (Phi) is 3.13. The summed E-state index contributed by atoms with van der Waals surface area (Å²) in [7, 11) is 0. The zero-order chi connectivity index (χ0) is 12.6. The number of rotatable bonds is 1. The van der Waals surface area contributed by atoms with Gasteiger partial charge in [-0.2, -0.15) is 0 Å². The van der Waals surface area contributed by atoms with E-state index in [2.05, 4.69) is 13.0 Å². The number of carboxylic acids is 1. The molecule has 0 unspecified atom stereocenters. The topological polar surface area (TPSA) is 57.5 Å². The Bertz CT molecular complexity index is 394. The van der Waals surface area contributed by atoms with E-state index in [-0.39, 0.29) is 17.4 Å². The molecule has 17 heavy (non-hydrogen) atoms. The summed E-state index contributed by atoms with van der Waals surface area (Å²) in [4.78, 5) is 11.2. The highest BCUT2D eigenvalue weighted by Gasteiger charge is 2.40. The number of hydrogen-bond acceptors (Lipinski definition) is 2. The first-order chi connectivity index (χ1) is 7.95. The summed E-state index contributed by atoms with van der Waals surface area (Å²) < 4.78 is 0. The van der Waals surface area contributed by atoms with Crippen molar-refractivity contribution in [3.8, 4) is 0 Å². The molecular weight excluding hydrogens is 216 g/mol. The number of aliphatic hydroxyl groups excluding tert-OH is 1. The number of fused-ring (bicyclic) bond motifs is 1. The van der Waals surface area contributed by atoms with Gasteiger partial charge in [0, 0.05) is 11.0 Å². The first-order valence-electron chi connectivity index (χ1n) is 6.28. The Hall–Kier alpha value is -1.09. The van der Waals surface area contributed by atoms with Crippen LogP contribution in [0.15, 0.2) is 23.3 Å². The van der Waals surface area contributed by atoms with Gasteiger partial charge < -0.3 is 10.2 Å². The van der Waals surface area contributed by atoms with Crippen molar-refractivity contribution in [2.75, 3.05) is 0 Å². The molecule has 0 aliphatic heterocycles. The van der Waals surface area contributed by atoms with Crippen molar-refractivity contribution in [3.05, 3.63) is 23.3 Å². The molecule has 3 nitrogen and oxygen atoms in total. The molecule has 0 heterocycles. The Labute approximate surface area is 102 Å². The van der Waals surface area contributed by atoms with Gasteiger partial charge in [-0.3, -0.25) is 0 Å². The van der Waals surface area contributed by atoms with E-state index >= 15 is 0 Å². The van der Waals surface area contributed by atoms with Crippen LogP contribution in [0.4, 0.5) is 0 Å². The number of hydrogen-bond donors (Lipinski definition) is 2. The lowest BCUT2D eigenvalue weighted by atomic mass is 9.69. The first-order valence-corrected chi connectivity index (χ1v) is 6.28. The Morgan fingerprint density at radius 3 is 2.82 bits per heavy atom. The van der Waals surface area contributed by atoms with E-state index in [0.717, 1.165) is 31.3 Å². The molecule has 3 atom stereocenters. The molecule has 0 fully saturated rings. The van der Waals surface area contributed by atoms with Gasteiger partial charge in [0.15, 0.2) is 0 Å². The van der Waals surface area contributed by atoms with Crippen LogP contribution in [-0.2, 0) is 4.79 Å². The van der Waals surface area contributed by atoms with Crippen molar-refractivity contribution in [2.24, 2.45) is 11.3 Å². The highest BCUT2D eigenvalue weighted by molar-refractivity contribution is 5.88. The zero-order valence-corrected chi connectivity index (χ0v) is 10.4. The highest BCUT2D eigenvalue weighted by atomic mass is 16.4. The molecule has 0 amide bonds. The van der Waals surface area contributed by atoms with E-state index in [1.807, 2.05) is 6.92 Å². The van der Waals surface area contributed by atoms with Crippen molar-refractivity contribution >= 4 is 5.97 Å². The van der Waals surface area contributed by atoms with Crippen molar-refractivity contribution < 1.29 is 15.0 Å². The lowest BCUT2D eigenvalue weighted by Crippen LogP contribution is -2.35. The monoisotopic (exact) mass is 236 g/mol. The molecule has 0 aromatic heterocycles. The third-order valence-corrected chi connectivity index (χ3v) is 4.38. The van der Waals surface area contributed by atoms with E-state index in [4.69, 9.17) is 0 Å². The number of aliphatic hydroxyl groups is 1. The molecule has 2 N–H and O–H groups in total. The van der Waals surface area contributed by atoms with Crippen LogP contribution in [0.1, 0.15) is 39.5 Å². The maximum atomic E-state index is 11.2. The lowest BCUT2D eigenvalue weighted by molar-refractivity contribution is -0.133. The second-order valence-electron chi connectivity index (χ2n) is 5.51. The molecule has 0 aromatic rings. The molecule has 94 valence electrons.